The molecule has 2 heteroatoms. The van der Waals surface area contributed by atoms with Crippen LogP contribution in [0.4, 0.5) is 0 Å². The third-order valence-corrected chi connectivity index (χ3v) is 1.26. The van der Waals surface area contributed by atoms with Crippen molar-refractivity contribution < 1.29 is 4.79 Å². The van der Waals surface area contributed by atoms with Crippen LogP contribution in [0.5, 0.6) is 0 Å². The van der Waals surface area contributed by atoms with Crippen molar-refractivity contribution in [3.05, 3.63) is 48.1 Å². The zero-order valence-electron chi connectivity index (χ0n) is 5.75. The van der Waals surface area contributed by atoms with Gasteiger partial charge in [-0.05, 0) is 11.6 Å². The average molecular weight is 166 g/mol. The van der Waals surface area contributed by atoms with Crippen molar-refractivity contribution in [1.29, 1.82) is 0 Å². The second-order valence-electron chi connectivity index (χ2n) is 1.97. The Balaban J connectivity index is 2.64. The van der Waals surface area contributed by atoms with Crippen LogP contribution in [0.25, 0.3) is 0 Å². The first-order valence-electron chi connectivity index (χ1n) is 3.13. The van der Waals surface area contributed by atoms with Crippen molar-refractivity contribution in [3.63, 3.8) is 0 Å². The van der Waals surface area contributed by atoms with E-state index in [1.54, 1.807) is 18.2 Å². The molecule has 0 aromatic heterocycles. The van der Waals surface area contributed by atoms with E-state index in [0.717, 1.165) is 5.57 Å². The van der Waals surface area contributed by atoms with E-state index in [1.165, 1.54) is 6.08 Å². The Hall–Kier alpha value is -1.17. The van der Waals surface area contributed by atoms with Crippen molar-refractivity contribution in [1.82, 2.24) is 0 Å². The molecule has 0 aromatic rings. The molecule has 0 atom stereocenters. The van der Waals surface area contributed by atoms with Gasteiger partial charge in [0.15, 0.2) is 0 Å². The highest BCUT2D eigenvalue weighted by atomic mass is 35.5. The second-order valence-corrected chi connectivity index (χ2v) is 2.35. The minimum absolute atomic E-state index is 0.464. The van der Waals surface area contributed by atoms with Gasteiger partial charge in [-0.3, -0.25) is 4.79 Å². The quantitative estimate of drug-likeness (QED) is 0.348. The van der Waals surface area contributed by atoms with Gasteiger partial charge in [-0.15, -0.1) is 0 Å². The molecule has 0 radical (unpaired) electrons. The molecule has 1 aliphatic carbocycles. The molecule has 0 heterocycles. The molecule has 0 aliphatic heterocycles. The summed E-state index contributed by atoms with van der Waals surface area (Å²) in [5, 5.41) is -0.464. The van der Waals surface area contributed by atoms with E-state index < -0.39 is 5.24 Å². The molecule has 0 spiro atoms. The van der Waals surface area contributed by atoms with Crippen molar-refractivity contribution in [2.24, 2.45) is 0 Å². The molecule has 0 N–H and O–H groups in total. The zero-order valence-corrected chi connectivity index (χ0v) is 6.51. The highest BCUT2D eigenvalue weighted by molar-refractivity contribution is 6.66. The maximum Gasteiger partial charge on any atom is 0.246 e. The Morgan fingerprint density at radius 1 is 1.64 bits per heavy atom. The lowest BCUT2D eigenvalue weighted by Crippen LogP contribution is -1.79. The number of rotatable bonds is 2. The van der Waals surface area contributed by atoms with Gasteiger partial charge in [0.2, 0.25) is 5.24 Å². The molecule has 0 unspecified atom stereocenters. The van der Waals surface area contributed by atoms with Gasteiger partial charge in [0.1, 0.15) is 12.2 Å². The summed E-state index contributed by atoms with van der Waals surface area (Å²) >= 11 is 5.09. The topological polar surface area (TPSA) is 17.1 Å². The summed E-state index contributed by atoms with van der Waals surface area (Å²) in [5.41, 5.74) is 0.918. The van der Waals surface area contributed by atoms with E-state index in [0.29, 0.717) is 0 Å². The molecule has 0 fully saturated rings. The average Bonchev–Trinajstić information content (AvgIpc) is 2.03. The summed E-state index contributed by atoms with van der Waals surface area (Å²) in [4.78, 5) is 10.3. The standard InChI is InChI=1S/C9H6ClO/c10-9(11)7-6-8-4-2-1-3-5-8/h1-2,4-7H/q+1/b7-6+. The first-order valence-corrected chi connectivity index (χ1v) is 3.50. The van der Waals surface area contributed by atoms with Crippen molar-refractivity contribution in [2.75, 3.05) is 0 Å². The van der Waals surface area contributed by atoms with Crippen LogP contribution in [0.3, 0.4) is 0 Å². The summed E-state index contributed by atoms with van der Waals surface area (Å²) in [5.74, 6) is 0. The fourth-order valence-electron chi connectivity index (χ4n) is 0.673. The van der Waals surface area contributed by atoms with E-state index in [9.17, 15) is 4.79 Å². The minimum atomic E-state index is -0.464. The van der Waals surface area contributed by atoms with Crippen molar-refractivity contribution >= 4 is 16.8 Å². The highest BCUT2D eigenvalue weighted by Gasteiger charge is 1.97. The van der Waals surface area contributed by atoms with Crippen molar-refractivity contribution in [3.8, 4) is 0 Å². The maximum absolute atomic E-state index is 10.3. The Bertz CT molecular complexity index is 269. The molecule has 0 bridgehead atoms. The van der Waals surface area contributed by atoms with Crippen LogP contribution in [0.2, 0.25) is 0 Å². The van der Waals surface area contributed by atoms with Gasteiger partial charge < -0.3 is 0 Å². The predicted octanol–water partition coefficient (Wildman–Crippen LogP) is 2.16. The lowest BCUT2D eigenvalue weighted by atomic mass is 10.1. The number of carbonyl (C=O) groups is 1. The summed E-state index contributed by atoms with van der Waals surface area (Å²) in [6.07, 6.45) is 13.1. The van der Waals surface area contributed by atoms with Gasteiger partial charge in [0.05, 0.1) is 11.6 Å². The molecule has 0 saturated heterocycles. The van der Waals surface area contributed by atoms with Crippen LogP contribution in [-0.2, 0) is 4.79 Å². The SMILES string of the molecule is O=C(Cl)/C=C/C1=CC=C[C+]=C1. The van der Waals surface area contributed by atoms with E-state index in [1.807, 2.05) is 12.2 Å². The molecular formula is C9H6ClO+. The van der Waals surface area contributed by atoms with Crippen molar-refractivity contribution in [2.45, 2.75) is 0 Å². The lowest BCUT2D eigenvalue weighted by Gasteiger charge is -1.83. The first-order chi connectivity index (χ1) is 5.29. The summed E-state index contributed by atoms with van der Waals surface area (Å²) in [6, 6.07) is 0. The second kappa shape index (κ2) is 3.87. The van der Waals surface area contributed by atoms with E-state index in [4.69, 9.17) is 11.6 Å². The molecule has 1 aliphatic rings. The maximum atomic E-state index is 10.3. The fraction of sp³-hybridized carbons (Fsp3) is 0. The number of hydrogen-bond acceptors (Lipinski definition) is 1. The highest BCUT2D eigenvalue weighted by Crippen LogP contribution is 2.04. The van der Waals surface area contributed by atoms with Gasteiger partial charge in [-0.2, -0.15) is 0 Å². The van der Waals surface area contributed by atoms with E-state index in [2.05, 4.69) is 6.08 Å². The normalized spacial score (nSPS) is 14.8. The van der Waals surface area contributed by atoms with Crippen LogP contribution >= 0.6 is 11.6 Å². The minimum Gasteiger partial charge on any atom is -0.276 e. The Labute approximate surface area is 70.4 Å². The van der Waals surface area contributed by atoms with Gasteiger partial charge >= 0.3 is 0 Å². The van der Waals surface area contributed by atoms with Crippen LogP contribution in [0.15, 0.2) is 42.0 Å². The van der Waals surface area contributed by atoms with E-state index >= 15 is 0 Å². The third kappa shape index (κ3) is 2.94. The fourth-order valence-corrected chi connectivity index (χ4v) is 0.736. The van der Waals surface area contributed by atoms with Crippen LogP contribution in [0.1, 0.15) is 0 Å². The first kappa shape index (κ1) is 7.93. The molecule has 1 nitrogen and oxygen atoms in total. The third-order valence-electron chi connectivity index (χ3n) is 1.14. The van der Waals surface area contributed by atoms with Gasteiger partial charge in [-0.1, -0.05) is 0 Å². The number of carbonyl (C=O) groups excluding carboxylic acids is 1. The monoisotopic (exact) mass is 165 g/mol. The van der Waals surface area contributed by atoms with Gasteiger partial charge in [-0.25, -0.2) is 0 Å². The smallest absolute Gasteiger partial charge is 0.246 e. The Kier molecular flexibility index (Phi) is 2.79. The van der Waals surface area contributed by atoms with Crippen LogP contribution < -0.4 is 0 Å². The molecule has 0 aromatic carbocycles. The van der Waals surface area contributed by atoms with Gasteiger partial charge in [0.25, 0.3) is 0 Å². The molecule has 0 amide bonds. The van der Waals surface area contributed by atoms with Gasteiger partial charge in [0, 0.05) is 24.3 Å². The molecule has 0 saturated carbocycles. The predicted molar refractivity (Wildman–Crippen MR) is 45.0 cm³/mol. The Morgan fingerprint density at radius 2 is 2.45 bits per heavy atom. The molecular weight excluding hydrogens is 160 g/mol. The lowest BCUT2D eigenvalue weighted by molar-refractivity contribution is -0.107. The molecule has 1 rings (SSSR count). The summed E-state index contributed by atoms with van der Waals surface area (Å²) < 4.78 is 0. The van der Waals surface area contributed by atoms with Crippen LogP contribution in [-0.4, -0.2) is 5.24 Å². The number of hydrogen-bond donors (Lipinski definition) is 0. The number of halogens is 1. The van der Waals surface area contributed by atoms with Crippen LogP contribution in [0, 0.1) is 6.08 Å². The summed E-state index contributed by atoms with van der Waals surface area (Å²) in [6.45, 7) is 0. The Morgan fingerprint density at radius 3 is 3.00 bits per heavy atom. The molecule has 54 valence electrons. The van der Waals surface area contributed by atoms with E-state index in [-0.39, 0.29) is 0 Å². The summed E-state index contributed by atoms with van der Waals surface area (Å²) in [7, 11) is 0. The molecule has 11 heavy (non-hydrogen) atoms. The number of allylic oxidation sites excluding steroid dienone is 8. The largest absolute Gasteiger partial charge is 0.276 e. The zero-order chi connectivity index (χ0) is 8.10.